The molecule has 0 N–H and O–H groups in total. The lowest BCUT2D eigenvalue weighted by atomic mass is 9.77. The van der Waals surface area contributed by atoms with E-state index in [1.807, 2.05) is 0 Å². The Morgan fingerprint density at radius 3 is 2.75 bits per heavy atom. The lowest BCUT2D eigenvalue weighted by Gasteiger charge is -2.25. The summed E-state index contributed by atoms with van der Waals surface area (Å²) in [4.78, 5) is 23.5. The number of carbonyl (C=O) groups excluding carboxylic acids is 2. The Morgan fingerprint density at radius 1 is 1.69 bits per heavy atom. The maximum Gasteiger partial charge on any atom is 0.323 e. The van der Waals surface area contributed by atoms with E-state index >= 15 is 0 Å². The van der Waals surface area contributed by atoms with Crippen LogP contribution < -0.4 is 0 Å². The molecule has 86 valence electrons. The predicted octanol–water partition coefficient (Wildman–Crippen LogP) is 1.72. The highest BCUT2D eigenvalue weighted by molar-refractivity contribution is 6.06. The van der Waals surface area contributed by atoms with Gasteiger partial charge in [0.15, 0.2) is 5.78 Å². The van der Waals surface area contributed by atoms with Crippen LogP contribution in [0.3, 0.4) is 0 Å². The van der Waals surface area contributed by atoms with E-state index in [0.29, 0.717) is 18.4 Å². The molecule has 1 saturated carbocycles. The van der Waals surface area contributed by atoms with Gasteiger partial charge in [0, 0.05) is 6.42 Å². The van der Waals surface area contributed by atoms with Crippen molar-refractivity contribution < 1.29 is 14.3 Å². The van der Waals surface area contributed by atoms with Gasteiger partial charge in [-0.15, -0.1) is 12.3 Å². The number of hydrogen-bond acceptors (Lipinski definition) is 3. The van der Waals surface area contributed by atoms with E-state index in [4.69, 9.17) is 11.2 Å². The molecule has 1 fully saturated rings. The highest BCUT2D eigenvalue weighted by Gasteiger charge is 2.52. The molecule has 0 amide bonds. The van der Waals surface area contributed by atoms with Crippen molar-refractivity contribution in [3.63, 3.8) is 0 Å². The monoisotopic (exact) mass is 220 g/mol. The standard InChI is InChI=1S/C13H16O3/c1-5-6-11-7-8-13(9(11)2,10(3)14)12(15)16-4/h1,11H,2,6-8H2,3-4H3/t11-,13-/m1/s1. The van der Waals surface area contributed by atoms with E-state index < -0.39 is 11.4 Å². The van der Waals surface area contributed by atoms with Crippen LogP contribution in [0.1, 0.15) is 26.2 Å². The molecule has 0 radical (unpaired) electrons. The van der Waals surface area contributed by atoms with Gasteiger partial charge in [-0.2, -0.15) is 0 Å². The number of methoxy groups -OCH3 is 1. The maximum atomic E-state index is 11.8. The zero-order valence-electron chi connectivity index (χ0n) is 9.71. The first-order chi connectivity index (χ1) is 7.50. The van der Waals surface area contributed by atoms with Crippen LogP contribution in [-0.2, 0) is 14.3 Å². The van der Waals surface area contributed by atoms with Crippen molar-refractivity contribution in [3.05, 3.63) is 12.2 Å². The van der Waals surface area contributed by atoms with Gasteiger partial charge in [-0.3, -0.25) is 9.59 Å². The number of rotatable bonds is 3. The van der Waals surface area contributed by atoms with Crippen LogP contribution >= 0.6 is 0 Å². The topological polar surface area (TPSA) is 43.4 Å². The molecule has 0 spiro atoms. The molecule has 0 bridgehead atoms. The van der Waals surface area contributed by atoms with Crippen LogP contribution in [0.5, 0.6) is 0 Å². The molecule has 1 rings (SSSR count). The van der Waals surface area contributed by atoms with Crippen LogP contribution in [-0.4, -0.2) is 18.9 Å². The van der Waals surface area contributed by atoms with E-state index in [1.54, 1.807) is 0 Å². The summed E-state index contributed by atoms with van der Waals surface area (Å²) in [7, 11) is 1.29. The Balaban J connectivity index is 3.08. The Hall–Kier alpha value is -1.56. The smallest absolute Gasteiger partial charge is 0.323 e. The second-order valence-corrected chi connectivity index (χ2v) is 4.12. The van der Waals surface area contributed by atoms with Crippen molar-refractivity contribution in [3.8, 4) is 12.3 Å². The molecule has 3 heteroatoms. The minimum absolute atomic E-state index is 0.0491. The predicted molar refractivity (Wildman–Crippen MR) is 60.4 cm³/mol. The first-order valence-electron chi connectivity index (χ1n) is 5.23. The number of ketones is 1. The summed E-state index contributed by atoms with van der Waals surface area (Å²) in [5.74, 6) is 1.88. The van der Waals surface area contributed by atoms with E-state index in [0.717, 1.165) is 6.42 Å². The molecule has 3 nitrogen and oxygen atoms in total. The van der Waals surface area contributed by atoms with Gasteiger partial charge in [0.2, 0.25) is 0 Å². The summed E-state index contributed by atoms with van der Waals surface area (Å²) in [6.07, 6.45) is 6.95. The van der Waals surface area contributed by atoms with Crippen LogP contribution in [0.25, 0.3) is 0 Å². The largest absolute Gasteiger partial charge is 0.468 e. The van der Waals surface area contributed by atoms with Gasteiger partial charge < -0.3 is 4.74 Å². The minimum atomic E-state index is -1.16. The van der Waals surface area contributed by atoms with E-state index in [1.165, 1.54) is 14.0 Å². The Bertz CT molecular complexity index is 375. The van der Waals surface area contributed by atoms with E-state index in [9.17, 15) is 9.59 Å². The van der Waals surface area contributed by atoms with Gasteiger partial charge in [0.05, 0.1) is 7.11 Å². The quantitative estimate of drug-likeness (QED) is 0.315. The molecule has 16 heavy (non-hydrogen) atoms. The number of carbonyl (C=O) groups is 2. The summed E-state index contributed by atoms with van der Waals surface area (Å²) >= 11 is 0. The van der Waals surface area contributed by atoms with Crippen LogP contribution in [0.15, 0.2) is 12.2 Å². The summed E-state index contributed by atoms with van der Waals surface area (Å²) in [5, 5.41) is 0. The maximum absolute atomic E-state index is 11.8. The molecule has 0 saturated heterocycles. The van der Waals surface area contributed by atoms with Crippen molar-refractivity contribution in [1.82, 2.24) is 0 Å². The third-order valence-electron chi connectivity index (χ3n) is 3.41. The number of esters is 1. The highest BCUT2D eigenvalue weighted by Crippen LogP contribution is 2.48. The Morgan fingerprint density at radius 2 is 2.31 bits per heavy atom. The zero-order chi connectivity index (χ0) is 12.3. The first-order valence-corrected chi connectivity index (χ1v) is 5.23. The van der Waals surface area contributed by atoms with Crippen LogP contribution in [0, 0.1) is 23.7 Å². The summed E-state index contributed by atoms with van der Waals surface area (Å²) in [6.45, 7) is 5.28. The number of terminal acetylenes is 1. The van der Waals surface area contributed by atoms with Gasteiger partial charge in [-0.05, 0) is 31.3 Å². The third-order valence-corrected chi connectivity index (χ3v) is 3.41. The fraction of sp³-hybridized carbons (Fsp3) is 0.538. The minimum Gasteiger partial charge on any atom is -0.468 e. The SMILES string of the molecule is C#CC[C@@H]1CC[C@@](C(C)=O)(C(=O)OC)C1=C. The Labute approximate surface area is 95.9 Å². The molecule has 0 aliphatic heterocycles. The number of hydrogen-bond donors (Lipinski definition) is 0. The number of Topliss-reactive ketones (excluding diaryl/α,β-unsaturated/α-hetero) is 1. The van der Waals surface area contributed by atoms with Gasteiger partial charge in [-0.25, -0.2) is 0 Å². The molecule has 2 atom stereocenters. The molecule has 0 unspecified atom stereocenters. The third kappa shape index (κ3) is 1.65. The summed E-state index contributed by atoms with van der Waals surface area (Å²) < 4.78 is 4.72. The molecule has 1 aliphatic carbocycles. The molecule has 0 heterocycles. The van der Waals surface area contributed by atoms with Gasteiger partial charge in [0.1, 0.15) is 5.41 Å². The fourth-order valence-corrected chi connectivity index (χ4v) is 2.39. The Kier molecular flexibility index (Phi) is 3.54. The fourth-order valence-electron chi connectivity index (χ4n) is 2.39. The average Bonchev–Trinajstić information content (AvgIpc) is 2.57. The van der Waals surface area contributed by atoms with Crippen molar-refractivity contribution in [2.45, 2.75) is 26.2 Å². The first kappa shape index (κ1) is 12.5. The average molecular weight is 220 g/mol. The molecule has 0 aromatic rings. The lowest BCUT2D eigenvalue weighted by molar-refractivity contribution is -0.154. The van der Waals surface area contributed by atoms with Crippen LogP contribution in [0.4, 0.5) is 0 Å². The molecule has 0 aromatic heterocycles. The van der Waals surface area contributed by atoms with E-state index in [-0.39, 0.29) is 11.7 Å². The van der Waals surface area contributed by atoms with Gasteiger partial charge in [0.25, 0.3) is 0 Å². The van der Waals surface area contributed by atoms with Crippen molar-refractivity contribution >= 4 is 11.8 Å². The molecule has 0 aromatic carbocycles. The van der Waals surface area contributed by atoms with Crippen molar-refractivity contribution in [2.75, 3.05) is 7.11 Å². The normalized spacial score (nSPS) is 28.6. The van der Waals surface area contributed by atoms with Crippen molar-refractivity contribution in [1.29, 1.82) is 0 Å². The molecular weight excluding hydrogens is 204 g/mol. The second kappa shape index (κ2) is 4.52. The number of ether oxygens (including phenoxy) is 1. The highest BCUT2D eigenvalue weighted by atomic mass is 16.5. The molecular formula is C13H16O3. The summed E-state index contributed by atoms with van der Waals surface area (Å²) in [6, 6.07) is 0. The van der Waals surface area contributed by atoms with Gasteiger partial charge in [-0.1, -0.05) is 6.58 Å². The van der Waals surface area contributed by atoms with Crippen LogP contribution in [0.2, 0.25) is 0 Å². The summed E-state index contributed by atoms with van der Waals surface area (Å²) in [5.41, 5.74) is -0.541. The lowest BCUT2D eigenvalue weighted by Crippen LogP contribution is -2.38. The molecule has 1 aliphatic rings. The van der Waals surface area contributed by atoms with E-state index in [2.05, 4.69) is 12.5 Å². The van der Waals surface area contributed by atoms with Gasteiger partial charge >= 0.3 is 5.97 Å². The zero-order valence-corrected chi connectivity index (χ0v) is 9.71. The second-order valence-electron chi connectivity index (χ2n) is 4.12. The van der Waals surface area contributed by atoms with Crippen molar-refractivity contribution in [2.24, 2.45) is 11.3 Å².